The van der Waals surface area contributed by atoms with Crippen molar-refractivity contribution in [2.24, 2.45) is 4.40 Å². The third-order valence-corrected chi connectivity index (χ3v) is 6.55. The predicted molar refractivity (Wildman–Crippen MR) is 114 cm³/mol. The monoisotopic (exact) mass is 474 g/mol. The van der Waals surface area contributed by atoms with Crippen LogP contribution in [0.2, 0.25) is 0 Å². The van der Waals surface area contributed by atoms with Gasteiger partial charge in [0, 0.05) is 6.26 Å². The van der Waals surface area contributed by atoms with Crippen LogP contribution in [0.1, 0.15) is 27.7 Å². The van der Waals surface area contributed by atoms with E-state index in [0.29, 0.717) is 34.5 Å². The van der Waals surface area contributed by atoms with Gasteiger partial charge in [-0.3, -0.25) is 9.36 Å². The standard InChI is InChI=1S/C16H19BrN4O2S3/c1-9-14(26-10(2)18-9)12(20-25-4)6-5-11-13(17)15(23)21(7-8-22)16(19-11)24-3/h8H,5-7H2,1-4H3/b20-12-. The Labute approximate surface area is 173 Å². The molecule has 0 aromatic carbocycles. The number of nitrogens with zero attached hydrogens (tertiary/aromatic N) is 4. The molecule has 10 heteroatoms. The van der Waals surface area contributed by atoms with E-state index >= 15 is 0 Å². The number of carbonyl (C=O) groups excluding carboxylic acids is 1. The summed E-state index contributed by atoms with van der Waals surface area (Å²) in [6.45, 7) is 3.96. The lowest BCUT2D eigenvalue weighted by Gasteiger charge is -2.12. The molecule has 0 amide bonds. The molecule has 0 N–H and O–H groups in total. The summed E-state index contributed by atoms with van der Waals surface area (Å²) in [6.07, 6.45) is 5.68. The number of hydrogen-bond donors (Lipinski definition) is 0. The van der Waals surface area contributed by atoms with Crippen LogP contribution >= 0.6 is 51.0 Å². The number of thiazole rings is 1. The number of halogens is 1. The maximum atomic E-state index is 12.5. The predicted octanol–water partition coefficient (Wildman–Crippen LogP) is 3.70. The van der Waals surface area contributed by atoms with Crippen molar-refractivity contribution >= 4 is 63.0 Å². The number of thioether (sulfide) groups is 1. The van der Waals surface area contributed by atoms with Crippen molar-refractivity contribution in [1.82, 2.24) is 14.5 Å². The fourth-order valence-electron chi connectivity index (χ4n) is 2.46. The van der Waals surface area contributed by atoms with Crippen molar-refractivity contribution in [3.8, 4) is 0 Å². The molecule has 0 unspecified atom stereocenters. The first-order chi connectivity index (χ1) is 12.4. The Morgan fingerprint density at radius 1 is 1.35 bits per heavy atom. The average molecular weight is 475 g/mol. The quantitative estimate of drug-likeness (QED) is 0.191. The summed E-state index contributed by atoms with van der Waals surface area (Å²) in [6, 6.07) is 0. The first-order valence-corrected chi connectivity index (χ1v) is 11.8. The molecule has 6 nitrogen and oxygen atoms in total. The number of aromatic nitrogens is 3. The minimum atomic E-state index is -0.236. The highest BCUT2D eigenvalue weighted by atomic mass is 79.9. The molecule has 2 aromatic rings. The number of rotatable bonds is 8. The lowest BCUT2D eigenvalue weighted by Crippen LogP contribution is -2.26. The summed E-state index contributed by atoms with van der Waals surface area (Å²) >= 11 is 7.73. The molecule has 0 aliphatic carbocycles. The maximum absolute atomic E-state index is 12.5. The van der Waals surface area contributed by atoms with Crippen molar-refractivity contribution in [3.63, 3.8) is 0 Å². The number of aryl methyl sites for hydroxylation is 3. The van der Waals surface area contributed by atoms with Gasteiger partial charge in [0.15, 0.2) is 5.16 Å². The molecule has 0 saturated heterocycles. The highest BCUT2D eigenvalue weighted by Crippen LogP contribution is 2.23. The van der Waals surface area contributed by atoms with Crippen LogP contribution in [0.15, 0.2) is 18.8 Å². The lowest BCUT2D eigenvalue weighted by atomic mass is 10.1. The Balaban J connectivity index is 2.34. The van der Waals surface area contributed by atoms with Crippen LogP contribution in [0.3, 0.4) is 0 Å². The normalized spacial score (nSPS) is 11.8. The van der Waals surface area contributed by atoms with E-state index in [1.54, 1.807) is 11.3 Å². The minimum Gasteiger partial charge on any atom is -0.301 e. The molecule has 140 valence electrons. The highest BCUT2D eigenvalue weighted by molar-refractivity contribution is 9.10. The second-order valence-corrected chi connectivity index (χ2v) is 8.63. The Morgan fingerprint density at radius 2 is 2.08 bits per heavy atom. The van der Waals surface area contributed by atoms with Crippen LogP contribution < -0.4 is 5.56 Å². The average Bonchev–Trinajstić information content (AvgIpc) is 2.95. The molecule has 0 atom stereocenters. The van der Waals surface area contributed by atoms with Crippen LogP contribution in [-0.4, -0.2) is 39.0 Å². The van der Waals surface area contributed by atoms with Gasteiger partial charge < -0.3 is 4.79 Å². The zero-order chi connectivity index (χ0) is 19.3. The number of carbonyl (C=O) groups is 1. The molecule has 2 aromatic heterocycles. The maximum Gasteiger partial charge on any atom is 0.269 e. The SMILES string of the molecule is CS/N=C(/CCc1nc(SC)n(CC=O)c(=O)c1Br)c1sc(C)nc1C. The molecular weight excluding hydrogens is 456 g/mol. The van der Waals surface area contributed by atoms with Crippen LogP contribution in [0.25, 0.3) is 0 Å². The van der Waals surface area contributed by atoms with Crippen molar-refractivity contribution in [1.29, 1.82) is 0 Å². The third kappa shape index (κ3) is 4.85. The largest absolute Gasteiger partial charge is 0.301 e. The van der Waals surface area contributed by atoms with Gasteiger partial charge in [-0.1, -0.05) is 11.8 Å². The molecule has 2 rings (SSSR count). The van der Waals surface area contributed by atoms with Crippen LogP contribution in [0.4, 0.5) is 0 Å². The second kappa shape index (κ2) is 9.82. The van der Waals surface area contributed by atoms with Crippen LogP contribution in [-0.2, 0) is 17.8 Å². The topological polar surface area (TPSA) is 77.2 Å². The van der Waals surface area contributed by atoms with Gasteiger partial charge in [-0.25, -0.2) is 14.4 Å². The fraction of sp³-hybridized carbons (Fsp3) is 0.438. The van der Waals surface area contributed by atoms with Gasteiger partial charge in [-0.05, 0) is 60.8 Å². The summed E-state index contributed by atoms with van der Waals surface area (Å²) in [4.78, 5) is 33.5. The third-order valence-electron chi connectivity index (χ3n) is 3.55. The van der Waals surface area contributed by atoms with E-state index in [4.69, 9.17) is 0 Å². The van der Waals surface area contributed by atoms with Crippen molar-refractivity contribution in [2.75, 3.05) is 12.5 Å². The van der Waals surface area contributed by atoms with Gasteiger partial charge in [0.2, 0.25) is 0 Å². The second-order valence-electron chi connectivity index (χ2n) is 5.31. The van der Waals surface area contributed by atoms with E-state index in [2.05, 4.69) is 30.3 Å². The summed E-state index contributed by atoms with van der Waals surface area (Å²) in [5.74, 6) is 0. The molecular formula is C16H19BrN4O2S3. The van der Waals surface area contributed by atoms with Crippen molar-refractivity contribution in [3.05, 3.63) is 36.1 Å². The molecule has 2 heterocycles. The van der Waals surface area contributed by atoms with Crippen molar-refractivity contribution in [2.45, 2.75) is 38.4 Å². The Kier molecular flexibility index (Phi) is 8.05. The van der Waals surface area contributed by atoms with Gasteiger partial charge >= 0.3 is 0 Å². The van der Waals surface area contributed by atoms with Gasteiger partial charge in [-0.2, -0.15) is 0 Å². The first-order valence-electron chi connectivity index (χ1n) is 7.74. The number of aldehydes is 1. The Bertz CT molecular complexity index is 892. The Hall–Kier alpha value is -0.970. The molecule has 0 aliphatic heterocycles. The van der Waals surface area contributed by atoms with Crippen LogP contribution in [0, 0.1) is 13.8 Å². The molecule has 0 spiro atoms. The lowest BCUT2D eigenvalue weighted by molar-refractivity contribution is -0.108. The van der Waals surface area contributed by atoms with E-state index in [0.717, 1.165) is 21.3 Å². The van der Waals surface area contributed by atoms with E-state index < -0.39 is 0 Å². The summed E-state index contributed by atoms with van der Waals surface area (Å²) < 4.78 is 6.33. The van der Waals surface area contributed by atoms with E-state index in [-0.39, 0.29) is 12.1 Å². The minimum absolute atomic E-state index is 0.000589. The Morgan fingerprint density at radius 3 is 2.62 bits per heavy atom. The van der Waals surface area contributed by atoms with E-state index in [9.17, 15) is 9.59 Å². The molecule has 0 fully saturated rings. The number of hydrogen-bond acceptors (Lipinski definition) is 8. The molecule has 0 bridgehead atoms. The van der Waals surface area contributed by atoms with Crippen molar-refractivity contribution < 1.29 is 4.79 Å². The summed E-state index contributed by atoms with van der Waals surface area (Å²) in [5, 5.41) is 1.54. The van der Waals surface area contributed by atoms with E-state index in [1.165, 1.54) is 28.3 Å². The van der Waals surface area contributed by atoms with Crippen LogP contribution in [0.5, 0.6) is 0 Å². The van der Waals surface area contributed by atoms with E-state index in [1.807, 2.05) is 26.4 Å². The van der Waals surface area contributed by atoms with Gasteiger partial charge in [-0.15, -0.1) is 11.3 Å². The zero-order valence-corrected chi connectivity index (χ0v) is 18.9. The molecule has 26 heavy (non-hydrogen) atoms. The highest BCUT2D eigenvalue weighted by Gasteiger charge is 2.17. The fourth-order valence-corrected chi connectivity index (χ4v) is 4.94. The zero-order valence-electron chi connectivity index (χ0n) is 14.9. The van der Waals surface area contributed by atoms with Gasteiger partial charge in [0.05, 0.1) is 33.5 Å². The molecule has 0 radical (unpaired) electrons. The molecule has 0 saturated carbocycles. The molecule has 0 aliphatic rings. The van der Waals surface area contributed by atoms with Gasteiger partial charge in [0.25, 0.3) is 5.56 Å². The summed E-state index contributed by atoms with van der Waals surface area (Å²) in [7, 11) is 0. The van der Waals surface area contributed by atoms with Gasteiger partial charge in [0.1, 0.15) is 10.8 Å². The summed E-state index contributed by atoms with van der Waals surface area (Å²) in [5.41, 5.74) is 2.37. The first kappa shape index (κ1) is 21.3. The smallest absolute Gasteiger partial charge is 0.269 e.